The van der Waals surface area contributed by atoms with Crippen molar-refractivity contribution in [2.24, 2.45) is 5.92 Å². The van der Waals surface area contributed by atoms with Crippen LogP contribution in [0.2, 0.25) is 0 Å². The summed E-state index contributed by atoms with van der Waals surface area (Å²) in [6.07, 6.45) is 3.52. The van der Waals surface area contributed by atoms with Crippen LogP contribution in [0.15, 0.2) is 48.8 Å². The summed E-state index contributed by atoms with van der Waals surface area (Å²) in [4.78, 5) is 92.5. The number of nitrogens with one attached hydrogen (secondary N) is 6. The first kappa shape index (κ1) is 52.4. The maximum Gasteiger partial charge on any atom is 0.273 e. The maximum atomic E-state index is 13.0. The van der Waals surface area contributed by atoms with Crippen molar-refractivity contribution >= 4 is 64.2 Å². The summed E-state index contributed by atoms with van der Waals surface area (Å²) in [6.45, 7) is 4.64. The number of anilines is 4. The first-order chi connectivity index (χ1) is 35.0. The van der Waals surface area contributed by atoms with E-state index in [9.17, 15) is 33.6 Å². The summed E-state index contributed by atoms with van der Waals surface area (Å²) in [6, 6.07) is 10.7. The third-order valence-corrected chi connectivity index (χ3v) is 11.3. The van der Waals surface area contributed by atoms with Gasteiger partial charge in [0.05, 0.1) is 108 Å². The van der Waals surface area contributed by atoms with E-state index in [4.69, 9.17) is 28.4 Å². The molecule has 6 N–H and O–H groups in total. The van der Waals surface area contributed by atoms with Gasteiger partial charge in [-0.05, 0) is 49.6 Å². The van der Waals surface area contributed by atoms with Crippen LogP contribution in [-0.4, -0.2) is 171 Å². The number of para-hydroxylation sites is 1. The van der Waals surface area contributed by atoms with Crippen molar-refractivity contribution in [3.8, 4) is 17.1 Å². The van der Waals surface area contributed by atoms with Gasteiger partial charge in [0.25, 0.3) is 17.7 Å². The molecular weight excluding hydrogens is 941 g/mol. The summed E-state index contributed by atoms with van der Waals surface area (Å²) >= 11 is 0. The SMILES string of the molecule is CNC(=O)c1nnc(NC(=O)C2CC2)cc1Nc1cccc(-c2ncn(CCNC(=O)CCOCCOCCOCCOCCOCCNc3ccc4c(c3)C(=O)N(C3CCC(=O)NC3=O)C4=O)n2)c1OC. The molecule has 384 valence electrons. The number of ether oxygens (including phenoxy) is 6. The van der Waals surface area contributed by atoms with Gasteiger partial charge in [-0.3, -0.25) is 48.5 Å². The first-order valence-electron chi connectivity index (χ1n) is 23.5. The van der Waals surface area contributed by atoms with Crippen LogP contribution in [0.1, 0.15) is 63.3 Å². The van der Waals surface area contributed by atoms with Crippen LogP contribution in [0.3, 0.4) is 0 Å². The zero-order valence-corrected chi connectivity index (χ0v) is 40.0. The fourth-order valence-electron chi connectivity index (χ4n) is 7.50. The number of piperidine rings is 1. The summed E-state index contributed by atoms with van der Waals surface area (Å²) < 4.78 is 35.1. The Balaban J connectivity index is 0.682. The highest BCUT2D eigenvalue weighted by molar-refractivity contribution is 6.23. The lowest BCUT2D eigenvalue weighted by atomic mass is 10.0. The van der Waals surface area contributed by atoms with E-state index in [2.05, 4.69) is 52.2 Å². The number of benzene rings is 2. The zero-order chi connectivity index (χ0) is 50.8. The number of carbonyl (C=O) groups excluding carboxylic acids is 7. The van der Waals surface area contributed by atoms with Gasteiger partial charge in [-0.1, -0.05) is 6.07 Å². The molecule has 7 rings (SSSR count). The molecule has 1 aliphatic carbocycles. The predicted molar refractivity (Wildman–Crippen MR) is 255 cm³/mol. The molecule has 2 aromatic heterocycles. The minimum Gasteiger partial charge on any atom is -0.494 e. The van der Waals surface area contributed by atoms with Crippen molar-refractivity contribution in [3.05, 3.63) is 65.6 Å². The van der Waals surface area contributed by atoms with Crippen LogP contribution in [0.4, 0.5) is 22.9 Å². The van der Waals surface area contributed by atoms with E-state index < -0.39 is 35.6 Å². The van der Waals surface area contributed by atoms with Gasteiger partial charge >= 0.3 is 0 Å². The molecular formula is C47H58N12O13. The highest BCUT2D eigenvalue weighted by Gasteiger charge is 2.44. The number of hydrogen-bond acceptors (Lipinski definition) is 19. The van der Waals surface area contributed by atoms with Gasteiger partial charge in [-0.15, -0.1) is 10.2 Å². The van der Waals surface area contributed by atoms with Crippen molar-refractivity contribution in [3.63, 3.8) is 0 Å². The van der Waals surface area contributed by atoms with Crippen LogP contribution in [0.25, 0.3) is 11.4 Å². The van der Waals surface area contributed by atoms with E-state index in [1.807, 2.05) is 0 Å². The number of methoxy groups -OCH3 is 1. The van der Waals surface area contributed by atoms with E-state index >= 15 is 0 Å². The monoisotopic (exact) mass is 998 g/mol. The third kappa shape index (κ3) is 14.3. The van der Waals surface area contributed by atoms with Gasteiger partial charge in [-0.25, -0.2) is 4.98 Å². The van der Waals surface area contributed by atoms with Gasteiger partial charge in [0.15, 0.2) is 23.1 Å². The van der Waals surface area contributed by atoms with Crippen molar-refractivity contribution in [2.45, 2.75) is 44.7 Å². The van der Waals surface area contributed by atoms with Gasteiger partial charge in [0, 0.05) is 50.7 Å². The summed E-state index contributed by atoms with van der Waals surface area (Å²) in [5.74, 6) is -2.06. The van der Waals surface area contributed by atoms with Crippen LogP contribution in [0.5, 0.6) is 5.75 Å². The zero-order valence-electron chi connectivity index (χ0n) is 40.0. The smallest absolute Gasteiger partial charge is 0.273 e. The van der Waals surface area contributed by atoms with Gasteiger partial charge in [-0.2, -0.15) is 5.10 Å². The Hall–Kier alpha value is -7.45. The molecule has 25 heteroatoms. The van der Waals surface area contributed by atoms with Crippen molar-refractivity contribution < 1.29 is 62.0 Å². The van der Waals surface area contributed by atoms with E-state index in [0.29, 0.717) is 113 Å². The molecule has 2 aliphatic heterocycles. The molecule has 4 heterocycles. The van der Waals surface area contributed by atoms with E-state index in [1.54, 1.807) is 53.5 Å². The number of nitrogens with zero attached hydrogens (tertiary/aromatic N) is 6. The average Bonchev–Trinajstić information content (AvgIpc) is 4.08. The molecule has 0 radical (unpaired) electrons. The van der Waals surface area contributed by atoms with E-state index in [-0.39, 0.29) is 66.2 Å². The topological polar surface area (TPSA) is 307 Å². The lowest BCUT2D eigenvalue weighted by Crippen LogP contribution is -2.54. The number of amides is 7. The van der Waals surface area contributed by atoms with Crippen molar-refractivity contribution in [1.82, 2.24) is 45.8 Å². The summed E-state index contributed by atoms with van der Waals surface area (Å²) in [7, 11) is 2.98. The summed E-state index contributed by atoms with van der Waals surface area (Å²) in [5.41, 5.74) is 2.41. The van der Waals surface area contributed by atoms with Gasteiger partial charge < -0.3 is 55.0 Å². The molecule has 2 fully saturated rings. The first-order valence-corrected chi connectivity index (χ1v) is 23.5. The van der Waals surface area contributed by atoms with E-state index in [1.165, 1.54) is 14.2 Å². The molecule has 0 spiro atoms. The molecule has 1 atom stereocenters. The van der Waals surface area contributed by atoms with Crippen LogP contribution in [0, 0.1) is 5.92 Å². The molecule has 7 amide bonds. The minimum atomic E-state index is -1.01. The Labute approximate surface area is 413 Å². The number of rotatable bonds is 30. The average molecular weight is 999 g/mol. The molecule has 3 aliphatic rings. The van der Waals surface area contributed by atoms with Crippen molar-refractivity contribution in [2.75, 3.05) is 109 Å². The Morgan fingerprint density at radius 3 is 2.14 bits per heavy atom. The lowest BCUT2D eigenvalue weighted by molar-refractivity contribution is -0.136. The third-order valence-electron chi connectivity index (χ3n) is 11.3. The van der Waals surface area contributed by atoms with Crippen LogP contribution in [-0.2, 0) is 49.4 Å². The molecule has 25 nitrogen and oxygen atoms in total. The Morgan fingerprint density at radius 1 is 0.764 bits per heavy atom. The molecule has 4 aromatic rings. The highest BCUT2D eigenvalue weighted by Crippen LogP contribution is 2.37. The normalized spacial score (nSPS) is 15.2. The van der Waals surface area contributed by atoms with E-state index in [0.717, 1.165) is 17.7 Å². The molecule has 2 aromatic carbocycles. The van der Waals surface area contributed by atoms with Gasteiger partial charge in [0.2, 0.25) is 23.6 Å². The summed E-state index contributed by atoms with van der Waals surface area (Å²) in [5, 5.41) is 29.3. The number of aromatic nitrogens is 5. The number of fused-ring (bicyclic) bond motifs is 1. The predicted octanol–water partition coefficient (Wildman–Crippen LogP) is 1.30. The second-order valence-corrected chi connectivity index (χ2v) is 16.5. The number of imide groups is 2. The molecule has 1 unspecified atom stereocenters. The highest BCUT2D eigenvalue weighted by atomic mass is 16.6. The minimum absolute atomic E-state index is 0.0192. The lowest BCUT2D eigenvalue weighted by Gasteiger charge is -2.27. The standard InChI is InChI=1S/C47H58N12O13/c1-48-45(64)40-35(27-37(55-56-40)53-43(62)29-6-7-29)52-34-5-3-4-32(41(34)67-2)42-51-28-58(57-42)15-13-50-38(60)12-16-68-18-20-70-22-24-72-25-23-71-21-19-69-17-14-49-30-8-9-31-33(26-30)47(66)59(46(31)65)36-10-11-39(61)54-44(36)63/h3-5,8-9,26-29,36,49H,6-7,10-25H2,1-2H3,(H,48,64)(H,50,60)(H,54,61,63)(H2,52,53,55,62). The van der Waals surface area contributed by atoms with Crippen LogP contribution >= 0.6 is 0 Å². The number of hydrogen-bond donors (Lipinski definition) is 6. The fraction of sp³-hybridized carbons (Fsp3) is 0.468. The quantitative estimate of drug-likeness (QED) is 0.0317. The Morgan fingerprint density at radius 2 is 1.46 bits per heavy atom. The largest absolute Gasteiger partial charge is 0.494 e. The fourth-order valence-corrected chi connectivity index (χ4v) is 7.50. The number of carbonyl (C=O) groups is 7. The molecule has 1 saturated carbocycles. The Kier molecular flexibility index (Phi) is 19.0. The Bertz CT molecular complexity index is 2590. The second-order valence-electron chi connectivity index (χ2n) is 16.5. The molecule has 0 bridgehead atoms. The molecule has 1 saturated heterocycles. The second kappa shape index (κ2) is 26.1. The van der Waals surface area contributed by atoms with Crippen LogP contribution < -0.4 is 36.6 Å². The van der Waals surface area contributed by atoms with Gasteiger partial charge in [0.1, 0.15) is 12.4 Å². The maximum absolute atomic E-state index is 13.0. The molecule has 72 heavy (non-hydrogen) atoms. The van der Waals surface area contributed by atoms with Crippen molar-refractivity contribution in [1.29, 1.82) is 0 Å².